The fourth-order valence-electron chi connectivity index (χ4n) is 2.44. The molecular formula is C11H15N5O. The maximum Gasteiger partial charge on any atom is 0.329 e. The molecule has 1 fully saturated rings. The van der Waals surface area contributed by atoms with E-state index < -0.39 is 0 Å². The van der Waals surface area contributed by atoms with Crippen LogP contribution in [0.3, 0.4) is 0 Å². The summed E-state index contributed by atoms with van der Waals surface area (Å²) in [6.45, 7) is 2.04. The average Bonchev–Trinajstić information content (AvgIpc) is 2.66. The zero-order valence-corrected chi connectivity index (χ0v) is 9.76. The van der Waals surface area contributed by atoms with Crippen LogP contribution < -0.4 is 5.69 Å². The van der Waals surface area contributed by atoms with E-state index in [9.17, 15) is 4.79 Å². The Hall–Kier alpha value is -1.69. The van der Waals surface area contributed by atoms with Gasteiger partial charge in [-0.3, -0.25) is 9.55 Å². The fourth-order valence-corrected chi connectivity index (χ4v) is 2.44. The molecule has 3 heterocycles. The van der Waals surface area contributed by atoms with Crippen LogP contribution in [-0.4, -0.2) is 44.6 Å². The molecule has 0 amide bonds. The molecule has 0 aromatic carbocycles. The molecule has 1 aliphatic rings. The molecule has 0 aliphatic carbocycles. The molecule has 0 saturated carbocycles. The third-order valence-electron chi connectivity index (χ3n) is 3.40. The van der Waals surface area contributed by atoms with Crippen molar-refractivity contribution < 1.29 is 0 Å². The van der Waals surface area contributed by atoms with Crippen molar-refractivity contribution in [2.24, 2.45) is 0 Å². The average molecular weight is 233 g/mol. The van der Waals surface area contributed by atoms with Crippen molar-refractivity contribution in [3.8, 4) is 0 Å². The van der Waals surface area contributed by atoms with Gasteiger partial charge in [-0.25, -0.2) is 14.8 Å². The maximum atomic E-state index is 11.9. The van der Waals surface area contributed by atoms with Gasteiger partial charge in [-0.2, -0.15) is 0 Å². The second kappa shape index (κ2) is 3.96. The summed E-state index contributed by atoms with van der Waals surface area (Å²) in [4.78, 5) is 25.3. The number of aromatic amines is 1. The van der Waals surface area contributed by atoms with Crippen LogP contribution in [0.25, 0.3) is 11.3 Å². The Balaban J connectivity index is 2.05. The summed E-state index contributed by atoms with van der Waals surface area (Å²) in [5, 5.41) is 0. The van der Waals surface area contributed by atoms with E-state index in [0.717, 1.165) is 25.9 Å². The van der Waals surface area contributed by atoms with Crippen LogP contribution in [0.1, 0.15) is 18.9 Å². The number of likely N-dealkylation sites (tertiary alicyclic amines) is 1. The summed E-state index contributed by atoms with van der Waals surface area (Å²) in [5.74, 6) is 0. The number of fused-ring (bicyclic) bond motifs is 1. The highest BCUT2D eigenvalue weighted by Crippen LogP contribution is 2.22. The molecule has 6 nitrogen and oxygen atoms in total. The Labute approximate surface area is 98.3 Å². The monoisotopic (exact) mass is 233 g/mol. The zero-order chi connectivity index (χ0) is 11.8. The molecule has 0 radical (unpaired) electrons. The minimum Gasteiger partial charge on any atom is -0.306 e. The summed E-state index contributed by atoms with van der Waals surface area (Å²) in [5.41, 5.74) is 1.16. The van der Waals surface area contributed by atoms with Gasteiger partial charge in [0.2, 0.25) is 0 Å². The first-order valence-corrected chi connectivity index (χ1v) is 5.85. The van der Waals surface area contributed by atoms with E-state index in [-0.39, 0.29) is 11.7 Å². The van der Waals surface area contributed by atoms with Crippen LogP contribution in [0, 0.1) is 0 Å². The van der Waals surface area contributed by atoms with Crippen molar-refractivity contribution >= 4 is 11.3 Å². The minimum absolute atomic E-state index is 0.0965. The molecule has 1 saturated heterocycles. The Morgan fingerprint density at radius 1 is 1.29 bits per heavy atom. The van der Waals surface area contributed by atoms with Crippen LogP contribution in [0.4, 0.5) is 0 Å². The molecule has 2 aromatic rings. The van der Waals surface area contributed by atoms with Gasteiger partial charge in [0.1, 0.15) is 0 Å². The van der Waals surface area contributed by atoms with E-state index in [4.69, 9.17) is 0 Å². The number of H-pyrrole nitrogens is 1. The molecular weight excluding hydrogens is 218 g/mol. The van der Waals surface area contributed by atoms with Crippen LogP contribution >= 0.6 is 0 Å². The third kappa shape index (κ3) is 1.74. The van der Waals surface area contributed by atoms with Gasteiger partial charge in [0.05, 0.1) is 0 Å². The quantitative estimate of drug-likeness (QED) is 0.773. The highest BCUT2D eigenvalue weighted by atomic mass is 16.1. The molecule has 1 N–H and O–H groups in total. The van der Waals surface area contributed by atoms with E-state index >= 15 is 0 Å². The topological polar surface area (TPSA) is 66.8 Å². The van der Waals surface area contributed by atoms with Crippen molar-refractivity contribution in [3.63, 3.8) is 0 Å². The van der Waals surface area contributed by atoms with Crippen LogP contribution in [0.2, 0.25) is 0 Å². The summed E-state index contributed by atoms with van der Waals surface area (Å²) in [6.07, 6.45) is 5.19. The molecule has 0 spiro atoms. The first-order chi connectivity index (χ1) is 8.25. The van der Waals surface area contributed by atoms with Gasteiger partial charge in [-0.1, -0.05) is 0 Å². The number of nitrogens with zero attached hydrogens (tertiary/aromatic N) is 4. The van der Waals surface area contributed by atoms with Crippen molar-refractivity contribution in [3.05, 3.63) is 22.9 Å². The van der Waals surface area contributed by atoms with Gasteiger partial charge < -0.3 is 4.90 Å². The van der Waals surface area contributed by atoms with Gasteiger partial charge in [-0.15, -0.1) is 0 Å². The number of piperidine rings is 1. The number of hydrogen-bond acceptors (Lipinski definition) is 4. The fraction of sp³-hybridized carbons (Fsp3) is 0.545. The Kier molecular flexibility index (Phi) is 2.44. The lowest BCUT2D eigenvalue weighted by Gasteiger charge is -2.29. The van der Waals surface area contributed by atoms with Gasteiger partial charge in [0, 0.05) is 18.4 Å². The first kappa shape index (κ1) is 10.5. The minimum atomic E-state index is -0.0965. The lowest BCUT2D eigenvalue weighted by Crippen LogP contribution is -2.34. The standard InChI is InChI=1S/C11H15N5O/c1-15-6-2-8(3-7-15)16-10-9(14-11(16)17)12-4-5-13-10/h4-5,8H,2-3,6-7H2,1H3,(H,12,14,17). The maximum absolute atomic E-state index is 11.9. The number of imidazole rings is 1. The summed E-state index contributed by atoms with van der Waals surface area (Å²) >= 11 is 0. The van der Waals surface area contributed by atoms with Gasteiger partial charge >= 0.3 is 5.69 Å². The normalized spacial score (nSPS) is 18.9. The molecule has 0 unspecified atom stereocenters. The molecule has 90 valence electrons. The van der Waals surface area contributed by atoms with Gasteiger partial charge in [0.15, 0.2) is 11.3 Å². The molecule has 2 aromatic heterocycles. The first-order valence-electron chi connectivity index (χ1n) is 5.85. The summed E-state index contributed by atoms with van der Waals surface area (Å²) < 4.78 is 1.76. The number of aromatic nitrogens is 4. The predicted octanol–water partition coefficient (Wildman–Crippen LogP) is 0.386. The molecule has 0 bridgehead atoms. The molecule has 6 heteroatoms. The molecule has 17 heavy (non-hydrogen) atoms. The van der Waals surface area contributed by atoms with E-state index in [2.05, 4.69) is 26.9 Å². The number of nitrogens with one attached hydrogen (secondary N) is 1. The largest absolute Gasteiger partial charge is 0.329 e. The lowest BCUT2D eigenvalue weighted by molar-refractivity contribution is 0.221. The van der Waals surface area contributed by atoms with E-state index in [1.807, 2.05) is 0 Å². The highest BCUT2D eigenvalue weighted by molar-refractivity contribution is 5.64. The van der Waals surface area contributed by atoms with E-state index in [1.165, 1.54) is 0 Å². The SMILES string of the molecule is CN1CCC(n2c(=O)[nH]c3nccnc32)CC1. The summed E-state index contributed by atoms with van der Waals surface area (Å²) in [6, 6.07) is 0.240. The second-order valence-electron chi connectivity index (χ2n) is 4.56. The second-order valence-corrected chi connectivity index (χ2v) is 4.56. The summed E-state index contributed by atoms with van der Waals surface area (Å²) in [7, 11) is 2.11. The molecule has 1 aliphatic heterocycles. The Bertz CT molecular complexity index is 579. The third-order valence-corrected chi connectivity index (χ3v) is 3.40. The van der Waals surface area contributed by atoms with Crippen LogP contribution in [-0.2, 0) is 0 Å². The van der Waals surface area contributed by atoms with Crippen molar-refractivity contribution in [2.75, 3.05) is 20.1 Å². The van der Waals surface area contributed by atoms with Crippen molar-refractivity contribution in [2.45, 2.75) is 18.9 Å². The highest BCUT2D eigenvalue weighted by Gasteiger charge is 2.22. The molecule has 0 atom stereocenters. The van der Waals surface area contributed by atoms with Crippen LogP contribution in [0.5, 0.6) is 0 Å². The predicted molar refractivity (Wildman–Crippen MR) is 63.9 cm³/mol. The Morgan fingerprint density at radius 3 is 2.76 bits per heavy atom. The molecule has 3 rings (SSSR count). The van der Waals surface area contributed by atoms with Gasteiger partial charge in [0.25, 0.3) is 0 Å². The smallest absolute Gasteiger partial charge is 0.306 e. The van der Waals surface area contributed by atoms with Crippen LogP contribution in [0.15, 0.2) is 17.2 Å². The lowest BCUT2D eigenvalue weighted by atomic mass is 10.1. The number of hydrogen-bond donors (Lipinski definition) is 1. The van der Waals surface area contributed by atoms with Gasteiger partial charge in [-0.05, 0) is 33.0 Å². The Morgan fingerprint density at radius 2 is 2.00 bits per heavy atom. The number of rotatable bonds is 1. The zero-order valence-electron chi connectivity index (χ0n) is 9.76. The van der Waals surface area contributed by atoms with E-state index in [0.29, 0.717) is 11.3 Å². The van der Waals surface area contributed by atoms with E-state index in [1.54, 1.807) is 17.0 Å². The van der Waals surface area contributed by atoms with Crippen molar-refractivity contribution in [1.29, 1.82) is 0 Å². The van der Waals surface area contributed by atoms with Crippen molar-refractivity contribution in [1.82, 2.24) is 24.4 Å².